The van der Waals surface area contributed by atoms with Crippen LogP contribution in [0.15, 0.2) is 48.5 Å². The van der Waals surface area contributed by atoms with Crippen LogP contribution in [0.1, 0.15) is 17.0 Å². The van der Waals surface area contributed by atoms with Crippen molar-refractivity contribution in [2.45, 2.75) is 5.92 Å². The number of rotatable bonds is 3. The highest BCUT2D eigenvalue weighted by atomic mass is 19.1. The highest BCUT2D eigenvalue weighted by Crippen LogP contribution is 2.24. The standard InChI is InChI=1S/C14H10F2O/c15-11-7-5-10(6-8-11)13(9-17)12-3-1-2-4-14(12)16/h1-9,13H. The van der Waals surface area contributed by atoms with Gasteiger partial charge in [0.2, 0.25) is 0 Å². The second-order valence-electron chi connectivity index (χ2n) is 3.69. The summed E-state index contributed by atoms with van der Waals surface area (Å²) in [5, 5.41) is 0. The Labute approximate surface area is 97.7 Å². The first-order chi connectivity index (χ1) is 8.22. The molecule has 86 valence electrons. The number of hydrogen-bond acceptors (Lipinski definition) is 1. The lowest BCUT2D eigenvalue weighted by Crippen LogP contribution is -2.04. The largest absolute Gasteiger partial charge is 0.302 e. The van der Waals surface area contributed by atoms with Crippen LogP contribution in [-0.4, -0.2) is 6.29 Å². The zero-order valence-corrected chi connectivity index (χ0v) is 8.94. The Morgan fingerprint density at radius 2 is 1.59 bits per heavy atom. The van der Waals surface area contributed by atoms with Crippen LogP contribution in [0.2, 0.25) is 0 Å². The number of benzene rings is 2. The molecule has 0 spiro atoms. The fourth-order valence-corrected chi connectivity index (χ4v) is 1.73. The van der Waals surface area contributed by atoms with Crippen LogP contribution in [0.4, 0.5) is 8.78 Å². The third-order valence-electron chi connectivity index (χ3n) is 2.61. The fourth-order valence-electron chi connectivity index (χ4n) is 1.73. The second kappa shape index (κ2) is 4.87. The van der Waals surface area contributed by atoms with E-state index < -0.39 is 11.7 Å². The average Bonchev–Trinajstić information content (AvgIpc) is 2.35. The van der Waals surface area contributed by atoms with E-state index in [4.69, 9.17) is 0 Å². The maximum Gasteiger partial charge on any atom is 0.131 e. The van der Waals surface area contributed by atoms with E-state index in [-0.39, 0.29) is 5.82 Å². The number of aldehydes is 1. The van der Waals surface area contributed by atoms with Crippen LogP contribution in [-0.2, 0) is 4.79 Å². The molecule has 2 aromatic carbocycles. The summed E-state index contributed by atoms with van der Waals surface area (Å²) in [6, 6.07) is 11.6. The molecule has 0 bridgehead atoms. The molecular weight excluding hydrogens is 222 g/mol. The van der Waals surface area contributed by atoms with Gasteiger partial charge in [0.1, 0.15) is 17.9 Å². The number of carbonyl (C=O) groups is 1. The molecule has 2 rings (SSSR count). The highest BCUT2D eigenvalue weighted by Gasteiger charge is 2.16. The summed E-state index contributed by atoms with van der Waals surface area (Å²) in [5.41, 5.74) is 0.876. The quantitative estimate of drug-likeness (QED) is 0.742. The summed E-state index contributed by atoms with van der Waals surface area (Å²) in [6.45, 7) is 0. The van der Waals surface area contributed by atoms with Crippen LogP contribution in [0.5, 0.6) is 0 Å². The van der Waals surface area contributed by atoms with Gasteiger partial charge in [0.15, 0.2) is 0 Å². The Kier molecular flexibility index (Phi) is 3.28. The summed E-state index contributed by atoms with van der Waals surface area (Å²) < 4.78 is 26.3. The van der Waals surface area contributed by atoms with Gasteiger partial charge in [0, 0.05) is 5.56 Å². The van der Waals surface area contributed by atoms with Gasteiger partial charge in [-0.15, -0.1) is 0 Å². The molecule has 0 amide bonds. The van der Waals surface area contributed by atoms with Crippen molar-refractivity contribution < 1.29 is 13.6 Å². The van der Waals surface area contributed by atoms with Crippen molar-refractivity contribution in [3.63, 3.8) is 0 Å². The van der Waals surface area contributed by atoms with E-state index in [9.17, 15) is 13.6 Å². The molecule has 0 radical (unpaired) electrons. The molecule has 0 heterocycles. The van der Waals surface area contributed by atoms with Crippen molar-refractivity contribution in [2.75, 3.05) is 0 Å². The molecule has 0 saturated heterocycles. The predicted molar refractivity (Wildman–Crippen MR) is 60.7 cm³/mol. The van der Waals surface area contributed by atoms with Gasteiger partial charge in [-0.3, -0.25) is 0 Å². The minimum Gasteiger partial charge on any atom is -0.302 e. The van der Waals surface area contributed by atoms with Crippen molar-refractivity contribution >= 4 is 6.29 Å². The summed E-state index contributed by atoms with van der Waals surface area (Å²) in [4.78, 5) is 11.1. The van der Waals surface area contributed by atoms with E-state index in [0.717, 1.165) is 0 Å². The van der Waals surface area contributed by atoms with Crippen LogP contribution < -0.4 is 0 Å². The Bertz CT molecular complexity index is 520. The van der Waals surface area contributed by atoms with E-state index in [1.54, 1.807) is 18.2 Å². The van der Waals surface area contributed by atoms with Gasteiger partial charge in [0.25, 0.3) is 0 Å². The molecule has 0 aromatic heterocycles. The van der Waals surface area contributed by atoms with E-state index in [1.165, 1.54) is 30.3 Å². The molecule has 1 unspecified atom stereocenters. The number of halogens is 2. The lowest BCUT2D eigenvalue weighted by Gasteiger charge is -2.11. The molecule has 0 aliphatic heterocycles. The van der Waals surface area contributed by atoms with Gasteiger partial charge in [-0.05, 0) is 23.8 Å². The van der Waals surface area contributed by atoms with E-state index in [2.05, 4.69) is 0 Å². The summed E-state index contributed by atoms with van der Waals surface area (Å²) in [5.74, 6) is -1.52. The monoisotopic (exact) mass is 232 g/mol. The Morgan fingerprint density at radius 1 is 0.941 bits per heavy atom. The zero-order chi connectivity index (χ0) is 12.3. The van der Waals surface area contributed by atoms with Crippen molar-refractivity contribution in [3.8, 4) is 0 Å². The molecule has 0 fully saturated rings. The lowest BCUT2D eigenvalue weighted by atomic mass is 9.92. The molecule has 3 heteroatoms. The Hall–Kier alpha value is -2.03. The summed E-state index contributed by atoms with van der Waals surface area (Å²) in [6.07, 6.45) is 0.658. The molecule has 0 aliphatic carbocycles. The first kappa shape index (κ1) is 11.5. The van der Waals surface area contributed by atoms with Crippen molar-refractivity contribution in [1.29, 1.82) is 0 Å². The molecule has 1 nitrogen and oxygen atoms in total. The molecule has 17 heavy (non-hydrogen) atoms. The SMILES string of the molecule is O=CC(c1ccc(F)cc1)c1ccccc1F. The lowest BCUT2D eigenvalue weighted by molar-refractivity contribution is -0.108. The third-order valence-corrected chi connectivity index (χ3v) is 2.61. The molecular formula is C14H10F2O. The van der Waals surface area contributed by atoms with Crippen LogP contribution >= 0.6 is 0 Å². The number of carbonyl (C=O) groups excluding carboxylic acids is 1. The van der Waals surface area contributed by atoms with Gasteiger partial charge < -0.3 is 4.79 Å². The Morgan fingerprint density at radius 3 is 2.18 bits per heavy atom. The fraction of sp³-hybridized carbons (Fsp3) is 0.0714. The zero-order valence-electron chi connectivity index (χ0n) is 8.94. The van der Waals surface area contributed by atoms with Crippen LogP contribution in [0.3, 0.4) is 0 Å². The van der Waals surface area contributed by atoms with Crippen molar-refractivity contribution in [1.82, 2.24) is 0 Å². The molecule has 0 aliphatic rings. The van der Waals surface area contributed by atoms with Crippen LogP contribution in [0.25, 0.3) is 0 Å². The summed E-state index contributed by atoms with van der Waals surface area (Å²) >= 11 is 0. The maximum atomic E-state index is 13.6. The van der Waals surface area contributed by atoms with Crippen molar-refractivity contribution in [3.05, 3.63) is 71.3 Å². The minimum absolute atomic E-state index is 0.300. The maximum absolute atomic E-state index is 13.6. The van der Waals surface area contributed by atoms with E-state index >= 15 is 0 Å². The predicted octanol–water partition coefficient (Wildman–Crippen LogP) is 3.30. The van der Waals surface area contributed by atoms with Gasteiger partial charge in [-0.2, -0.15) is 0 Å². The smallest absolute Gasteiger partial charge is 0.131 e. The minimum atomic E-state index is -0.697. The third kappa shape index (κ3) is 2.38. The summed E-state index contributed by atoms with van der Waals surface area (Å²) in [7, 11) is 0. The second-order valence-corrected chi connectivity index (χ2v) is 3.69. The molecule has 0 saturated carbocycles. The van der Waals surface area contributed by atoms with E-state index in [0.29, 0.717) is 17.4 Å². The van der Waals surface area contributed by atoms with Gasteiger partial charge in [0.05, 0.1) is 5.92 Å². The molecule has 0 N–H and O–H groups in total. The van der Waals surface area contributed by atoms with Crippen molar-refractivity contribution in [2.24, 2.45) is 0 Å². The topological polar surface area (TPSA) is 17.1 Å². The molecule has 1 atom stereocenters. The van der Waals surface area contributed by atoms with Gasteiger partial charge >= 0.3 is 0 Å². The van der Waals surface area contributed by atoms with E-state index in [1.807, 2.05) is 0 Å². The average molecular weight is 232 g/mol. The Balaban J connectivity index is 2.44. The highest BCUT2D eigenvalue weighted by molar-refractivity contribution is 5.68. The normalized spacial score (nSPS) is 12.1. The van der Waals surface area contributed by atoms with Gasteiger partial charge in [-0.1, -0.05) is 30.3 Å². The van der Waals surface area contributed by atoms with Crippen LogP contribution in [0, 0.1) is 11.6 Å². The number of hydrogen-bond donors (Lipinski definition) is 0. The van der Waals surface area contributed by atoms with Gasteiger partial charge in [-0.25, -0.2) is 8.78 Å². The first-order valence-electron chi connectivity index (χ1n) is 5.17. The molecule has 2 aromatic rings. The first-order valence-corrected chi connectivity index (χ1v) is 5.17.